The van der Waals surface area contributed by atoms with Gasteiger partial charge in [0, 0.05) is 11.6 Å². The average Bonchev–Trinajstić information content (AvgIpc) is 2.20. The quantitative estimate of drug-likeness (QED) is 0.763. The van der Waals surface area contributed by atoms with Crippen molar-refractivity contribution in [3.05, 3.63) is 28.7 Å². The standard InChI is InChI=1S/C10H13BrO3/c1-3-13-10(12-2)14-9-6-4-8(11)5-7-9/h4-7,10H,3H2,1-2H3. The van der Waals surface area contributed by atoms with Gasteiger partial charge in [-0.1, -0.05) is 15.9 Å². The molecule has 14 heavy (non-hydrogen) atoms. The van der Waals surface area contributed by atoms with Gasteiger partial charge in [-0.3, -0.25) is 0 Å². The monoisotopic (exact) mass is 260 g/mol. The molecule has 0 aliphatic heterocycles. The molecule has 1 rings (SSSR count). The van der Waals surface area contributed by atoms with Crippen molar-refractivity contribution < 1.29 is 14.2 Å². The largest absolute Gasteiger partial charge is 0.441 e. The van der Waals surface area contributed by atoms with Gasteiger partial charge in [0.1, 0.15) is 5.75 Å². The molecule has 4 heteroatoms. The Kier molecular flexibility index (Phi) is 4.93. The maximum atomic E-state index is 5.39. The number of benzene rings is 1. The molecule has 1 aromatic carbocycles. The van der Waals surface area contributed by atoms with Crippen LogP contribution >= 0.6 is 15.9 Å². The molecule has 0 aliphatic rings. The van der Waals surface area contributed by atoms with Crippen LogP contribution in [0.15, 0.2) is 28.7 Å². The lowest BCUT2D eigenvalue weighted by Gasteiger charge is -2.16. The van der Waals surface area contributed by atoms with Gasteiger partial charge in [-0.05, 0) is 31.2 Å². The molecule has 0 fully saturated rings. The first-order valence-electron chi connectivity index (χ1n) is 4.33. The Morgan fingerprint density at radius 1 is 1.29 bits per heavy atom. The Balaban J connectivity index is 2.53. The Morgan fingerprint density at radius 2 is 1.93 bits per heavy atom. The lowest BCUT2D eigenvalue weighted by atomic mass is 10.3. The molecule has 0 aliphatic carbocycles. The van der Waals surface area contributed by atoms with Crippen molar-refractivity contribution in [1.29, 1.82) is 0 Å². The van der Waals surface area contributed by atoms with E-state index in [4.69, 9.17) is 14.2 Å². The molecule has 1 unspecified atom stereocenters. The van der Waals surface area contributed by atoms with Gasteiger partial charge >= 0.3 is 6.48 Å². The Bertz CT molecular complexity index is 261. The summed E-state index contributed by atoms with van der Waals surface area (Å²) in [5.74, 6) is 0.716. The molecule has 0 bridgehead atoms. The van der Waals surface area contributed by atoms with Gasteiger partial charge in [-0.15, -0.1) is 0 Å². The van der Waals surface area contributed by atoms with Gasteiger partial charge in [0.25, 0.3) is 0 Å². The predicted octanol–water partition coefficient (Wildman–Crippen LogP) is 2.79. The van der Waals surface area contributed by atoms with Crippen LogP contribution in [-0.2, 0) is 9.47 Å². The molecule has 0 saturated carbocycles. The minimum atomic E-state index is -0.638. The summed E-state index contributed by atoms with van der Waals surface area (Å²) in [6.07, 6.45) is 0. The average molecular weight is 261 g/mol. The highest BCUT2D eigenvalue weighted by Gasteiger charge is 2.07. The molecule has 0 amide bonds. The van der Waals surface area contributed by atoms with Gasteiger partial charge in [-0.25, -0.2) is 0 Å². The number of hydrogen-bond donors (Lipinski definition) is 0. The zero-order valence-electron chi connectivity index (χ0n) is 8.20. The zero-order valence-corrected chi connectivity index (χ0v) is 9.78. The van der Waals surface area contributed by atoms with E-state index in [2.05, 4.69) is 15.9 Å². The highest BCUT2D eigenvalue weighted by atomic mass is 79.9. The molecule has 0 heterocycles. The summed E-state index contributed by atoms with van der Waals surface area (Å²) < 4.78 is 16.5. The van der Waals surface area contributed by atoms with Gasteiger partial charge in [-0.2, -0.15) is 0 Å². The molecule has 0 saturated heterocycles. The molecule has 0 spiro atoms. The van der Waals surface area contributed by atoms with Crippen molar-refractivity contribution in [3.63, 3.8) is 0 Å². The number of ether oxygens (including phenoxy) is 3. The van der Waals surface area contributed by atoms with E-state index in [1.54, 1.807) is 7.11 Å². The van der Waals surface area contributed by atoms with E-state index in [0.717, 1.165) is 4.47 Å². The van der Waals surface area contributed by atoms with Crippen LogP contribution in [0.2, 0.25) is 0 Å². The fraction of sp³-hybridized carbons (Fsp3) is 0.400. The normalized spacial score (nSPS) is 12.5. The van der Waals surface area contributed by atoms with Gasteiger partial charge in [0.15, 0.2) is 0 Å². The van der Waals surface area contributed by atoms with Crippen molar-refractivity contribution in [2.45, 2.75) is 13.4 Å². The lowest BCUT2D eigenvalue weighted by molar-refractivity contribution is -0.231. The second kappa shape index (κ2) is 6.01. The number of halogens is 1. The fourth-order valence-electron chi connectivity index (χ4n) is 0.911. The number of rotatable bonds is 5. The Morgan fingerprint density at radius 3 is 2.43 bits per heavy atom. The lowest BCUT2D eigenvalue weighted by Crippen LogP contribution is -2.22. The first-order valence-corrected chi connectivity index (χ1v) is 5.12. The van der Waals surface area contributed by atoms with E-state index in [0.29, 0.717) is 12.4 Å². The predicted molar refractivity (Wildman–Crippen MR) is 57.2 cm³/mol. The number of hydrogen-bond acceptors (Lipinski definition) is 3. The molecular formula is C10H13BrO3. The maximum absolute atomic E-state index is 5.39. The fourth-order valence-corrected chi connectivity index (χ4v) is 1.17. The summed E-state index contributed by atoms with van der Waals surface area (Å²) in [5.41, 5.74) is 0. The van der Waals surface area contributed by atoms with Crippen LogP contribution in [-0.4, -0.2) is 20.2 Å². The molecular weight excluding hydrogens is 248 g/mol. The van der Waals surface area contributed by atoms with Crippen LogP contribution in [0, 0.1) is 0 Å². The van der Waals surface area contributed by atoms with E-state index >= 15 is 0 Å². The van der Waals surface area contributed by atoms with E-state index in [1.165, 1.54) is 0 Å². The second-order valence-corrected chi connectivity index (χ2v) is 3.47. The van der Waals surface area contributed by atoms with Crippen LogP contribution < -0.4 is 4.74 Å². The first kappa shape index (κ1) is 11.5. The van der Waals surface area contributed by atoms with Crippen LogP contribution in [0.4, 0.5) is 0 Å². The minimum absolute atomic E-state index is 0.551. The first-order chi connectivity index (χ1) is 6.76. The van der Waals surface area contributed by atoms with Crippen molar-refractivity contribution >= 4 is 15.9 Å². The molecule has 1 aromatic rings. The van der Waals surface area contributed by atoms with Crippen LogP contribution in [0.1, 0.15) is 6.92 Å². The van der Waals surface area contributed by atoms with E-state index in [-0.39, 0.29) is 0 Å². The molecule has 3 nitrogen and oxygen atoms in total. The highest BCUT2D eigenvalue weighted by molar-refractivity contribution is 9.10. The van der Waals surface area contributed by atoms with Gasteiger partial charge in [0.2, 0.25) is 0 Å². The van der Waals surface area contributed by atoms with Crippen molar-refractivity contribution in [3.8, 4) is 5.75 Å². The molecule has 78 valence electrons. The summed E-state index contributed by atoms with van der Waals surface area (Å²) in [4.78, 5) is 0. The third kappa shape index (κ3) is 3.65. The SMILES string of the molecule is CCOC(OC)Oc1ccc(Br)cc1. The van der Waals surface area contributed by atoms with E-state index < -0.39 is 6.48 Å². The molecule has 1 atom stereocenters. The van der Waals surface area contributed by atoms with Crippen LogP contribution in [0.5, 0.6) is 5.75 Å². The second-order valence-electron chi connectivity index (χ2n) is 2.55. The summed E-state index contributed by atoms with van der Waals surface area (Å²) in [5, 5.41) is 0. The molecule has 0 N–H and O–H groups in total. The summed E-state index contributed by atoms with van der Waals surface area (Å²) in [6.45, 7) is 1.80. The van der Waals surface area contributed by atoms with Crippen LogP contribution in [0.3, 0.4) is 0 Å². The molecule has 0 radical (unpaired) electrons. The summed E-state index contributed by atoms with van der Waals surface area (Å²) in [7, 11) is 1.54. The van der Waals surface area contributed by atoms with Crippen molar-refractivity contribution in [2.24, 2.45) is 0 Å². The van der Waals surface area contributed by atoms with Gasteiger partial charge < -0.3 is 14.2 Å². The zero-order chi connectivity index (χ0) is 10.4. The smallest absolute Gasteiger partial charge is 0.315 e. The van der Waals surface area contributed by atoms with Crippen molar-refractivity contribution in [1.82, 2.24) is 0 Å². The van der Waals surface area contributed by atoms with Crippen LogP contribution in [0.25, 0.3) is 0 Å². The Hall–Kier alpha value is -0.580. The third-order valence-electron chi connectivity index (χ3n) is 1.54. The molecule has 0 aromatic heterocycles. The van der Waals surface area contributed by atoms with Gasteiger partial charge in [0.05, 0.1) is 6.61 Å². The summed E-state index contributed by atoms with van der Waals surface area (Å²) in [6, 6.07) is 7.48. The van der Waals surface area contributed by atoms with E-state index in [1.807, 2.05) is 31.2 Å². The highest BCUT2D eigenvalue weighted by Crippen LogP contribution is 2.17. The Labute approximate surface area is 92.1 Å². The van der Waals surface area contributed by atoms with Crippen molar-refractivity contribution in [2.75, 3.05) is 13.7 Å². The van der Waals surface area contributed by atoms with E-state index in [9.17, 15) is 0 Å². The maximum Gasteiger partial charge on any atom is 0.315 e. The number of methoxy groups -OCH3 is 1. The minimum Gasteiger partial charge on any atom is -0.441 e. The topological polar surface area (TPSA) is 27.7 Å². The summed E-state index contributed by atoms with van der Waals surface area (Å²) >= 11 is 3.34. The third-order valence-corrected chi connectivity index (χ3v) is 2.07.